The van der Waals surface area contributed by atoms with Gasteiger partial charge in [0.25, 0.3) is 0 Å². The number of benzene rings is 1. The molecule has 1 aromatic carbocycles. The molecule has 0 amide bonds. The standard InChI is InChI=1S/C14H21F2NO/c1-4-14(18-3)13(17-5-2)9-10-8-11(15)6-7-12(10)16/h6-8,13-14,17H,4-5,9H2,1-3H3. The molecule has 1 rings (SSSR count). The van der Waals surface area contributed by atoms with Crippen LogP contribution in [-0.2, 0) is 11.2 Å². The average molecular weight is 257 g/mol. The van der Waals surface area contributed by atoms with Crippen LogP contribution >= 0.6 is 0 Å². The van der Waals surface area contributed by atoms with Gasteiger partial charge in [0.05, 0.1) is 6.10 Å². The van der Waals surface area contributed by atoms with E-state index in [2.05, 4.69) is 5.32 Å². The molecular formula is C14H21F2NO. The largest absolute Gasteiger partial charge is 0.380 e. The van der Waals surface area contributed by atoms with Gasteiger partial charge in [0.1, 0.15) is 11.6 Å². The van der Waals surface area contributed by atoms with Crippen molar-refractivity contribution in [2.45, 2.75) is 38.8 Å². The van der Waals surface area contributed by atoms with Crippen LogP contribution in [0.2, 0.25) is 0 Å². The van der Waals surface area contributed by atoms with Gasteiger partial charge in [-0.05, 0) is 43.1 Å². The van der Waals surface area contributed by atoms with Crippen molar-refractivity contribution in [3.63, 3.8) is 0 Å². The summed E-state index contributed by atoms with van der Waals surface area (Å²) in [6, 6.07) is 3.54. The van der Waals surface area contributed by atoms with E-state index >= 15 is 0 Å². The molecule has 0 aliphatic carbocycles. The van der Waals surface area contributed by atoms with E-state index in [0.29, 0.717) is 12.0 Å². The minimum atomic E-state index is -0.410. The van der Waals surface area contributed by atoms with E-state index in [1.54, 1.807) is 7.11 Å². The van der Waals surface area contributed by atoms with Crippen molar-refractivity contribution >= 4 is 0 Å². The highest BCUT2D eigenvalue weighted by atomic mass is 19.1. The summed E-state index contributed by atoms with van der Waals surface area (Å²) in [5.74, 6) is -0.780. The number of halogens is 2. The highest BCUT2D eigenvalue weighted by Crippen LogP contribution is 2.15. The number of hydrogen-bond acceptors (Lipinski definition) is 2. The van der Waals surface area contributed by atoms with E-state index < -0.39 is 5.82 Å². The molecule has 0 spiro atoms. The third-order valence-corrected chi connectivity index (χ3v) is 3.07. The van der Waals surface area contributed by atoms with Crippen LogP contribution in [0, 0.1) is 11.6 Å². The number of likely N-dealkylation sites (N-methyl/N-ethyl adjacent to an activating group) is 1. The third-order valence-electron chi connectivity index (χ3n) is 3.07. The Morgan fingerprint density at radius 2 is 2.00 bits per heavy atom. The van der Waals surface area contributed by atoms with Crippen LogP contribution in [0.25, 0.3) is 0 Å². The lowest BCUT2D eigenvalue weighted by molar-refractivity contribution is 0.0656. The molecule has 0 aliphatic rings. The Kier molecular flexibility index (Phi) is 6.22. The molecule has 2 unspecified atom stereocenters. The van der Waals surface area contributed by atoms with Gasteiger partial charge in [-0.3, -0.25) is 0 Å². The summed E-state index contributed by atoms with van der Waals surface area (Å²) in [4.78, 5) is 0. The van der Waals surface area contributed by atoms with Crippen molar-refractivity contribution in [3.8, 4) is 0 Å². The van der Waals surface area contributed by atoms with Crippen LogP contribution < -0.4 is 5.32 Å². The highest BCUT2D eigenvalue weighted by Gasteiger charge is 2.20. The fourth-order valence-electron chi connectivity index (χ4n) is 2.15. The molecule has 0 aliphatic heterocycles. The van der Waals surface area contributed by atoms with E-state index in [0.717, 1.165) is 19.0 Å². The second-order valence-corrected chi connectivity index (χ2v) is 4.29. The van der Waals surface area contributed by atoms with Crippen LogP contribution in [0.3, 0.4) is 0 Å². The first-order chi connectivity index (χ1) is 8.62. The lowest BCUT2D eigenvalue weighted by Gasteiger charge is -2.26. The molecule has 0 bridgehead atoms. The zero-order valence-corrected chi connectivity index (χ0v) is 11.2. The zero-order valence-electron chi connectivity index (χ0n) is 11.2. The predicted octanol–water partition coefficient (Wildman–Crippen LogP) is 2.91. The maximum Gasteiger partial charge on any atom is 0.126 e. The Labute approximate surface area is 107 Å². The minimum Gasteiger partial charge on any atom is -0.380 e. The Bertz CT molecular complexity index is 367. The van der Waals surface area contributed by atoms with Crippen LogP contribution in [0.4, 0.5) is 8.78 Å². The molecule has 0 fully saturated rings. The van der Waals surface area contributed by atoms with Gasteiger partial charge in [0, 0.05) is 13.2 Å². The maximum absolute atomic E-state index is 13.6. The van der Waals surface area contributed by atoms with E-state index in [-0.39, 0.29) is 18.0 Å². The minimum absolute atomic E-state index is 0.00684. The maximum atomic E-state index is 13.6. The monoisotopic (exact) mass is 257 g/mol. The first kappa shape index (κ1) is 15.1. The number of rotatable bonds is 7. The molecule has 0 radical (unpaired) electrons. The second kappa shape index (κ2) is 7.44. The molecule has 102 valence electrons. The van der Waals surface area contributed by atoms with Crippen LogP contribution in [0.5, 0.6) is 0 Å². The summed E-state index contributed by atoms with van der Waals surface area (Å²) in [7, 11) is 1.64. The second-order valence-electron chi connectivity index (χ2n) is 4.29. The Hall–Kier alpha value is -1.00. The zero-order chi connectivity index (χ0) is 13.5. The Balaban J connectivity index is 2.85. The van der Waals surface area contributed by atoms with Crippen LogP contribution in [0.1, 0.15) is 25.8 Å². The van der Waals surface area contributed by atoms with Crippen LogP contribution in [-0.4, -0.2) is 25.8 Å². The van der Waals surface area contributed by atoms with Crippen molar-refractivity contribution in [2.24, 2.45) is 0 Å². The van der Waals surface area contributed by atoms with Gasteiger partial charge in [0.15, 0.2) is 0 Å². The summed E-state index contributed by atoms with van der Waals surface area (Å²) in [6.45, 7) is 4.76. The summed E-state index contributed by atoms with van der Waals surface area (Å²) in [6.07, 6.45) is 1.24. The molecule has 18 heavy (non-hydrogen) atoms. The lowest BCUT2D eigenvalue weighted by atomic mass is 9.99. The highest BCUT2D eigenvalue weighted by molar-refractivity contribution is 5.20. The topological polar surface area (TPSA) is 21.3 Å². The quantitative estimate of drug-likeness (QED) is 0.811. The fraction of sp³-hybridized carbons (Fsp3) is 0.571. The van der Waals surface area contributed by atoms with Crippen molar-refractivity contribution in [3.05, 3.63) is 35.4 Å². The van der Waals surface area contributed by atoms with Gasteiger partial charge >= 0.3 is 0 Å². The summed E-state index contributed by atoms with van der Waals surface area (Å²) in [5, 5.41) is 3.27. The van der Waals surface area contributed by atoms with Crippen LogP contribution in [0.15, 0.2) is 18.2 Å². The van der Waals surface area contributed by atoms with E-state index in [1.165, 1.54) is 12.1 Å². The molecular weight excluding hydrogens is 236 g/mol. The molecule has 2 atom stereocenters. The molecule has 1 N–H and O–H groups in total. The van der Waals surface area contributed by atoms with Gasteiger partial charge in [-0.15, -0.1) is 0 Å². The van der Waals surface area contributed by atoms with Gasteiger partial charge in [0.2, 0.25) is 0 Å². The predicted molar refractivity (Wildman–Crippen MR) is 68.6 cm³/mol. The molecule has 1 aromatic rings. The number of methoxy groups -OCH3 is 1. The molecule has 0 saturated heterocycles. The lowest BCUT2D eigenvalue weighted by Crippen LogP contribution is -2.42. The molecule has 0 heterocycles. The smallest absolute Gasteiger partial charge is 0.126 e. The molecule has 4 heteroatoms. The van der Waals surface area contributed by atoms with Crippen molar-refractivity contribution < 1.29 is 13.5 Å². The average Bonchev–Trinajstić information content (AvgIpc) is 2.35. The van der Waals surface area contributed by atoms with Crippen molar-refractivity contribution in [1.82, 2.24) is 5.32 Å². The van der Waals surface area contributed by atoms with E-state index in [9.17, 15) is 8.78 Å². The van der Waals surface area contributed by atoms with Crippen molar-refractivity contribution in [1.29, 1.82) is 0 Å². The normalized spacial score (nSPS) is 14.5. The molecule has 2 nitrogen and oxygen atoms in total. The SMILES string of the molecule is CCNC(Cc1cc(F)ccc1F)C(CC)OC. The number of hydrogen-bond donors (Lipinski definition) is 1. The first-order valence-corrected chi connectivity index (χ1v) is 6.32. The first-order valence-electron chi connectivity index (χ1n) is 6.32. The Morgan fingerprint density at radius 3 is 2.56 bits per heavy atom. The molecule has 0 saturated carbocycles. The molecule has 0 aromatic heterocycles. The number of nitrogens with one attached hydrogen (secondary N) is 1. The summed E-state index contributed by atoms with van der Waals surface area (Å²) < 4.78 is 32.1. The summed E-state index contributed by atoms with van der Waals surface area (Å²) in [5.41, 5.74) is 0.386. The van der Waals surface area contributed by atoms with Gasteiger partial charge in [-0.1, -0.05) is 13.8 Å². The van der Waals surface area contributed by atoms with E-state index in [4.69, 9.17) is 4.74 Å². The van der Waals surface area contributed by atoms with E-state index in [1.807, 2.05) is 13.8 Å². The fourth-order valence-corrected chi connectivity index (χ4v) is 2.15. The van der Waals surface area contributed by atoms with Crippen molar-refractivity contribution in [2.75, 3.05) is 13.7 Å². The third kappa shape index (κ3) is 4.03. The Morgan fingerprint density at radius 1 is 1.28 bits per heavy atom. The number of ether oxygens (including phenoxy) is 1. The summed E-state index contributed by atoms with van der Waals surface area (Å²) >= 11 is 0. The van der Waals surface area contributed by atoms with Gasteiger partial charge in [-0.2, -0.15) is 0 Å². The van der Waals surface area contributed by atoms with Gasteiger partial charge in [-0.25, -0.2) is 8.78 Å². The van der Waals surface area contributed by atoms with Gasteiger partial charge < -0.3 is 10.1 Å².